The van der Waals surface area contributed by atoms with E-state index in [4.69, 9.17) is 4.74 Å². The largest absolute Gasteiger partial charge is 0.496 e. The highest BCUT2D eigenvalue weighted by Gasteiger charge is 2.20. The smallest absolute Gasteiger partial charge is 0.159 e. The van der Waals surface area contributed by atoms with E-state index in [9.17, 15) is 8.78 Å². The van der Waals surface area contributed by atoms with Crippen LogP contribution < -0.4 is 10.1 Å². The average Bonchev–Trinajstić information content (AvgIpc) is 2.47. The number of aryl methyl sites for hydroxylation is 1. The number of hydrogen-bond acceptors (Lipinski definition) is 2. The van der Waals surface area contributed by atoms with Crippen molar-refractivity contribution in [3.8, 4) is 5.75 Å². The second kappa shape index (κ2) is 6.22. The lowest BCUT2D eigenvalue weighted by molar-refractivity contribution is 0.401. The predicted octanol–water partition coefficient (Wildman–Crippen LogP) is 3.90. The highest BCUT2D eigenvalue weighted by molar-refractivity contribution is 5.49. The summed E-state index contributed by atoms with van der Waals surface area (Å²) in [7, 11) is 3.39. The van der Waals surface area contributed by atoms with Crippen LogP contribution in [0.3, 0.4) is 0 Å². The first-order valence-electron chi connectivity index (χ1n) is 6.76. The minimum atomic E-state index is -0.851. The normalized spacial score (nSPS) is 12.3. The summed E-state index contributed by atoms with van der Waals surface area (Å²) in [5.41, 5.74) is 3.71. The Kier molecular flexibility index (Phi) is 4.58. The standard InChI is InChI=1S/C17H19F2NO/c1-10-5-7-13(17(21-4)11(10)2)16(20-3)12-6-8-14(18)15(19)9-12/h5-9,16,20H,1-4H3. The molecule has 0 aliphatic carbocycles. The fraction of sp³-hybridized carbons (Fsp3) is 0.294. The number of ether oxygens (including phenoxy) is 1. The lowest BCUT2D eigenvalue weighted by Gasteiger charge is -2.22. The van der Waals surface area contributed by atoms with Gasteiger partial charge >= 0.3 is 0 Å². The van der Waals surface area contributed by atoms with Crippen molar-refractivity contribution in [3.63, 3.8) is 0 Å². The summed E-state index contributed by atoms with van der Waals surface area (Å²) in [4.78, 5) is 0. The van der Waals surface area contributed by atoms with Crippen LogP contribution >= 0.6 is 0 Å². The summed E-state index contributed by atoms with van der Waals surface area (Å²) >= 11 is 0. The third-order valence-corrected chi connectivity index (χ3v) is 3.79. The zero-order valence-corrected chi connectivity index (χ0v) is 12.6. The van der Waals surface area contributed by atoms with Gasteiger partial charge < -0.3 is 10.1 Å². The first kappa shape index (κ1) is 15.4. The van der Waals surface area contributed by atoms with Gasteiger partial charge in [-0.05, 0) is 49.7 Å². The Morgan fingerprint density at radius 2 is 1.76 bits per heavy atom. The predicted molar refractivity (Wildman–Crippen MR) is 79.7 cm³/mol. The number of methoxy groups -OCH3 is 1. The molecule has 1 unspecified atom stereocenters. The molecule has 21 heavy (non-hydrogen) atoms. The molecule has 0 aromatic heterocycles. The fourth-order valence-corrected chi connectivity index (χ4v) is 2.50. The third-order valence-electron chi connectivity index (χ3n) is 3.79. The molecule has 0 heterocycles. The quantitative estimate of drug-likeness (QED) is 0.922. The van der Waals surface area contributed by atoms with Gasteiger partial charge in [-0.3, -0.25) is 0 Å². The molecule has 2 aromatic carbocycles. The number of benzene rings is 2. The van der Waals surface area contributed by atoms with Crippen molar-refractivity contribution in [2.24, 2.45) is 0 Å². The zero-order valence-electron chi connectivity index (χ0n) is 12.6. The summed E-state index contributed by atoms with van der Waals surface area (Å²) in [6.07, 6.45) is 0. The molecule has 0 aliphatic rings. The van der Waals surface area contributed by atoms with Crippen molar-refractivity contribution in [2.45, 2.75) is 19.9 Å². The van der Waals surface area contributed by atoms with E-state index in [0.717, 1.165) is 28.5 Å². The van der Waals surface area contributed by atoms with Crippen LogP contribution in [0.15, 0.2) is 30.3 Å². The van der Waals surface area contributed by atoms with Crippen molar-refractivity contribution < 1.29 is 13.5 Å². The van der Waals surface area contributed by atoms with Gasteiger partial charge in [0.1, 0.15) is 5.75 Å². The van der Waals surface area contributed by atoms with E-state index in [1.807, 2.05) is 26.0 Å². The highest BCUT2D eigenvalue weighted by Crippen LogP contribution is 2.34. The highest BCUT2D eigenvalue weighted by atomic mass is 19.2. The van der Waals surface area contributed by atoms with Gasteiger partial charge in [-0.25, -0.2) is 8.78 Å². The van der Waals surface area contributed by atoms with Crippen LogP contribution in [0.1, 0.15) is 28.3 Å². The Morgan fingerprint density at radius 3 is 2.33 bits per heavy atom. The summed E-state index contributed by atoms with van der Waals surface area (Å²) in [6.45, 7) is 3.99. The first-order valence-corrected chi connectivity index (χ1v) is 6.76. The van der Waals surface area contributed by atoms with E-state index >= 15 is 0 Å². The maximum atomic E-state index is 13.5. The molecule has 112 valence electrons. The van der Waals surface area contributed by atoms with Gasteiger partial charge in [-0.2, -0.15) is 0 Å². The lowest BCUT2D eigenvalue weighted by atomic mass is 9.94. The van der Waals surface area contributed by atoms with Crippen LogP contribution in [0.4, 0.5) is 8.78 Å². The van der Waals surface area contributed by atoms with Crippen LogP contribution in [-0.2, 0) is 0 Å². The van der Waals surface area contributed by atoms with Gasteiger partial charge in [-0.15, -0.1) is 0 Å². The molecular formula is C17H19F2NO. The molecule has 0 spiro atoms. The van der Waals surface area contributed by atoms with Crippen LogP contribution in [-0.4, -0.2) is 14.2 Å². The lowest BCUT2D eigenvalue weighted by Crippen LogP contribution is -2.19. The van der Waals surface area contributed by atoms with Gasteiger partial charge in [0.25, 0.3) is 0 Å². The maximum absolute atomic E-state index is 13.5. The fourth-order valence-electron chi connectivity index (χ4n) is 2.50. The summed E-state index contributed by atoms with van der Waals surface area (Å²) in [5.74, 6) is -0.935. The molecular weight excluding hydrogens is 272 g/mol. The number of nitrogens with one attached hydrogen (secondary N) is 1. The van der Waals surface area contributed by atoms with Gasteiger partial charge in [0, 0.05) is 5.56 Å². The Bertz CT molecular complexity index is 655. The summed E-state index contributed by atoms with van der Waals surface area (Å²) < 4.78 is 32.1. The molecule has 0 amide bonds. The van der Waals surface area contributed by atoms with Gasteiger partial charge in [0.05, 0.1) is 13.2 Å². The van der Waals surface area contributed by atoms with Crippen LogP contribution in [0.2, 0.25) is 0 Å². The Hall–Kier alpha value is -1.94. The van der Waals surface area contributed by atoms with Gasteiger partial charge in [-0.1, -0.05) is 18.2 Å². The SMILES string of the molecule is CNC(c1ccc(F)c(F)c1)c1ccc(C)c(C)c1OC. The van der Waals surface area contributed by atoms with E-state index in [2.05, 4.69) is 5.32 Å². The minimum absolute atomic E-state index is 0.269. The number of hydrogen-bond donors (Lipinski definition) is 1. The zero-order chi connectivity index (χ0) is 15.6. The first-order chi connectivity index (χ1) is 9.99. The molecule has 0 saturated carbocycles. The molecule has 2 aromatic rings. The monoisotopic (exact) mass is 291 g/mol. The van der Waals surface area contributed by atoms with Crippen LogP contribution in [0, 0.1) is 25.5 Å². The number of rotatable bonds is 4. The van der Waals surface area contributed by atoms with Crippen molar-refractivity contribution in [3.05, 3.63) is 64.2 Å². The van der Waals surface area contributed by atoms with Crippen LogP contribution in [0.5, 0.6) is 5.75 Å². The molecule has 4 heteroatoms. The second-order valence-electron chi connectivity index (χ2n) is 5.03. The van der Waals surface area contributed by atoms with Crippen molar-refractivity contribution in [1.29, 1.82) is 0 Å². The van der Waals surface area contributed by atoms with Gasteiger partial charge in [0.2, 0.25) is 0 Å². The Balaban J connectivity index is 2.56. The van der Waals surface area contributed by atoms with Crippen molar-refractivity contribution in [1.82, 2.24) is 5.32 Å². The molecule has 1 atom stereocenters. The minimum Gasteiger partial charge on any atom is -0.496 e. The molecule has 0 aliphatic heterocycles. The molecule has 2 rings (SSSR count). The molecule has 1 N–H and O–H groups in total. The summed E-state index contributed by atoms with van der Waals surface area (Å²) in [6, 6.07) is 7.61. The Morgan fingerprint density at radius 1 is 1.05 bits per heavy atom. The topological polar surface area (TPSA) is 21.3 Å². The Labute approximate surface area is 123 Å². The van der Waals surface area contributed by atoms with Crippen molar-refractivity contribution in [2.75, 3.05) is 14.2 Å². The molecule has 0 radical (unpaired) electrons. The van der Waals surface area contributed by atoms with E-state index in [-0.39, 0.29) is 6.04 Å². The molecule has 0 saturated heterocycles. The van der Waals surface area contributed by atoms with Crippen molar-refractivity contribution >= 4 is 0 Å². The summed E-state index contributed by atoms with van der Waals surface area (Å²) in [5, 5.41) is 3.13. The van der Waals surface area contributed by atoms with E-state index in [0.29, 0.717) is 5.56 Å². The van der Waals surface area contributed by atoms with E-state index in [1.54, 1.807) is 20.2 Å². The maximum Gasteiger partial charge on any atom is 0.159 e. The second-order valence-corrected chi connectivity index (χ2v) is 5.03. The molecule has 2 nitrogen and oxygen atoms in total. The average molecular weight is 291 g/mol. The number of halogens is 2. The van der Waals surface area contributed by atoms with Crippen LogP contribution in [0.25, 0.3) is 0 Å². The van der Waals surface area contributed by atoms with Gasteiger partial charge in [0.15, 0.2) is 11.6 Å². The van der Waals surface area contributed by atoms with E-state index < -0.39 is 11.6 Å². The van der Waals surface area contributed by atoms with E-state index in [1.165, 1.54) is 6.07 Å². The molecule has 0 bridgehead atoms. The molecule has 0 fully saturated rings. The third kappa shape index (κ3) is 2.90.